The predicted molar refractivity (Wildman–Crippen MR) is 106 cm³/mol. The van der Waals surface area contributed by atoms with Gasteiger partial charge < -0.3 is 15.4 Å². The number of nitrogens with zero attached hydrogens (tertiary/aromatic N) is 4. The molecule has 0 bridgehead atoms. The molecule has 7 nitrogen and oxygen atoms in total. The van der Waals surface area contributed by atoms with Gasteiger partial charge in [0.2, 0.25) is 5.95 Å². The molecule has 2 aromatic heterocycles. The zero-order valence-electron chi connectivity index (χ0n) is 15.6. The lowest BCUT2D eigenvalue weighted by Crippen LogP contribution is -2.31. The third-order valence-electron chi connectivity index (χ3n) is 4.99. The summed E-state index contributed by atoms with van der Waals surface area (Å²) >= 11 is 0. The number of carbonyl (C=O) groups excluding carboxylic acids is 1. The number of aromatic nitrogens is 3. The first-order valence-electron chi connectivity index (χ1n) is 9.15. The van der Waals surface area contributed by atoms with Crippen LogP contribution in [0.15, 0.2) is 55.0 Å². The van der Waals surface area contributed by atoms with E-state index in [9.17, 15) is 4.79 Å². The lowest BCUT2D eigenvalue weighted by molar-refractivity contribution is 0.0733. The summed E-state index contributed by atoms with van der Waals surface area (Å²) in [6.07, 6.45) is 6.73. The summed E-state index contributed by atoms with van der Waals surface area (Å²) in [5.41, 5.74) is 9.12. The first-order valence-corrected chi connectivity index (χ1v) is 9.15. The Morgan fingerprint density at radius 3 is 2.64 bits per heavy atom. The van der Waals surface area contributed by atoms with E-state index in [1.807, 2.05) is 29.2 Å². The van der Waals surface area contributed by atoms with E-state index < -0.39 is 0 Å². The number of pyridine rings is 1. The summed E-state index contributed by atoms with van der Waals surface area (Å²) < 4.78 is 5.24. The molecule has 3 heterocycles. The molecule has 0 spiro atoms. The van der Waals surface area contributed by atoms with E-state index in [1.165, 1.54) is 0 Å². The molecule has 1 aliphatic heterocycles. The van der Waals surface area contributed by atoms with E-state index >= 15 is 0 Å². The van der Waals surface area contributed by atoms with Gasteiger partial charge in [0.1, 0.15) is 5.75 Å². The number of hydrogen-bond acceptors (Lipinski definition) is 6. The van der Waals surface area contributed by atoms with Crippen molar-refractivity contribution in [2.75, 3.05) is 19.4 Å². The average molecular weight is 375 g/mol. The van der Waals surface area contributed by atoms with Crippen molar-refractivity contribution < 1.29 is 9.53 Å². The largest absolute Gasteiger partial charge is 0.497 e. The molecule has 1 atom stereocenters. The van der Waals surface area contributed by atoms with E-state index in [0.717, 1.165) is 35.4 Å². The van der Waals surface area contributed by atoms with Crippen molar-refractivity contribution in [3.8, 4) is 16.9 Å². The molecule has 1 aliphatic rings. The van der Waals surface area contributed by atoms with Crippen molar-refractivity contribution in [2.45, 2.75) is 18.9 Å². The monoisotopic (exact) mass is 375 g/mol. The summed E-state index contributed by atoms with van der Waals surface area (Å²) in [5, 5.41) is 0. The van der Waals surface area contributed by atoms with Crippen molar-refractivity contribution in [1.82, 2.24) is 19.9 Å². The molecule has 2 N–H and O–H groups in total. The number of nitrogens with two attached hydrogens (primary N) is 1. The Morgan fingerprint density at radius 1 is 1.18 bits per heavy atom. The molecule has 0 radical (unpaired) electrons. The van der Waals surface area contributed by atoms with Crippen LogP contribution in [-0.4, -0.2) is 39.4 Å². The zero-order chi connectivity index (χ0) is 19.5. The molecule has 1 saturated heterocycles. The average Bonchev–Trinajstić information content (AvgIpc) is 3.23. The molecule has 3 aromatic rings. The second-order valence-electron chi connectivity index (χ2n) is 6.65. The lowest BCUT2D eigenvalue weighted by Gasteiger charge is -2.26. The number of likely N-dealkylation sites (tertiary alicyclic amines) is 1. The summed E-state index contributed by atoms with van der Waals surface area (Å²) in [6.45, 7) is 0.678. The minimum atomic E-state index is -0.150. The Hall–Kier alpha value is -3.48. The fraction of sp³-hybridized carbons (Fsp3) is 0.238. The van der Waals surface area contributed by atoms with Gasteiger partial charge in [-0.25, -0.2) is 9.97 Å². The van der Waals surface area contributed by atoms with Gasteiger partial charge in [-0.2, -0.15) is 0 Å². The number of hydrogen-bond donors (Lipinski definition) is 1. The fourth-order valence-electron chi connectivity index (χ4n) is 3.61. The first kappa shape index (κ1) is 17.9. The lowest BCUT2D eigenvalue weighted by atomic mass is 9.99. The third-order valence-corrected chi connectivity index (χ3v) is 4.99. The molecule has 1 unspecified atom stereocenters. The molecule has 7 heteroatoms. The van der Waals surface area contributed by atoms with Crippen molar-refractivity contribution >= 4 is 11.9 Å². The summed E-state index contributed by atoms with van der Waals surface area (Å²) in [7, 11) is 1.63. The zero-order valence-corrected chi connectivity index (χ0v) is 15.6. The van der Waals surface area contributed by atoms with Crippen LogP contribution < -0.4 is 10.5 Å². The van der Waals surface area contributed by atoms with Crippen LogP contribution in [0.1, 0.15) is 34.9 Å². The Kier molecular flexibility index (Phi) is 4.89. The van der Waals surface area contributed by atoms with Crippen molar-refractivity contribution in [3.05, 3.63) is 66.2 Å². The van der Waals surface area contributed by atoms with Gasteiger partial charge in [0.25, 0.3) is 5.91 Å². The quantitative estimate of drug-likeness (QED) is 0.753. The molecule has 1 fully saturated rings. The molecular formula is C21H21N5O2. The maximum atomic E-state index is 13.1. The number of nitrogen functional groups attached to an aromatic ring is 1. The van der Waals surface area contributed by atoms with Gasteiger partial charge in [-0.15, -0.1) is 0 Å². The van der Waals surface area contributed by atoms with E-state index in [4.69, 9.17) is 10.5 Å². The Balaban J connectivity index is 1.73. The highest BCUT2D eigenvalue weighted by Crippen LogP contribution is 2.37. The third kappa shape index (κ3) is 3.38. The number of rotatable bonds is 4. The van der Waals surface area contributed by atoms with Crippen LogP contribution in [-0.2, 0) is 0 Å². The van der Waals surface area contributed by atoms with E-state index in [2.05, 4.69) is 15.0 Å². The number of ether oxygens (including phenoxy) is 1. The number of anilines is 1. The second kappa shape index (κ2) is 7.64. The highest BCUT2D eigenvalue weighted by atomic mass is 16.5. The van der Waals surface area contributed by atoms with E-state index in [0.29, 0.717) is 12.1 Å². The number of benzene rings is 1. The van der Waals surface area contributed by atoms with E-state index in [1.54, 1.807) is 37.8 Å². The van der Waals surface area contributed by atoms with Gasteiger partial charge in [0.15, 0.2) is 0 Å². The number of amides is 1. The van der Waals surface area contributed by atoms with Crippen LogP contribution in [0.5, 0.6) is 5.75 Å². The summed E-state index contributed by atoms with van der Waals surface area (Å²) in [4.78, 5) is 27.6. The summed E-state index contributed by atoms with van der Waals surface area (Å²) in [5.74, 6) is 0.954. The first-order chi connectivity index (χ1) is 13.7. The minimum Gasteiger partial charge on any atom is -0.497 e. The SMILES string of the molecule is COc1ccc(-c2cnc(N)nc2C2CCCN2C(=O)c2ccncc2)cc1. The molecule has 1 aromatic carbocycles. The molecular weight excluding hydrogens is 354 g/mol. The Labute approximate surface area is 163 Å². The predicted octanol–water partition coefficient (Wildman–Crippen LogP) is 3.11. The molecule has 0 saturated carbocycles. The summed E-state index contributed by atoms with van der Waals surface area (Å²) in [6, 6.07) is 11.0. The van der Waals surface area contributed by atoms with Crippen molar-refractivity contribution in [1.29, 1.82) is 0 Å². The fourth-order valence-corrected chi connectivity index (χ4v) is 3.61. The van der Waals surface area contributed by atoms with Crippen LogP contribution in [0.4, 0.5) is 5.95 Å². The Morgan fingerprint density at radius 2 is 1.93 bits per heavy atom. The van der Waals surface area contributed by atoms with Gasteiger partial charge in [0.05, 0.1) is 18.8 Å². The topological polar surface area (TPSA) is 94.2 Å². The smallest absolute Gasteiger partial charge is 0.254 e. The molecule has 1 amide bonds. The maximum Gasteiger partial charge on any atom is 0.254 e. The van der Waals surface area contributed by atoms with Crippen LogP contribution >= 0.6 is 0 Å². The minimum absolute atomic E-state index is 0.0252. The van der Waals surface area contributed by atoms with Crippen LogP contribution in [0.3, 0.4) is 0 Å². The highest BCUT2D eigenvalue weighted by molar-refractivity contribution is 5.94. The molecule has 142 valence electrons. The van der Waals surface area contributed by atoms with Gasteiger partial charge >= 0.3 is 0 Å². The van der Waals surface area contributed by atoms with Crippen molar-refractivity contribution in [2.24, 2.45) is 0 Å². The van der Waals surface area contributed by atoms with Crippen LogP contribution in [0.2, 0.25) is 0 Å². The normalized spacial score (nSPS) is 16.2. The standard InChI is InChI=1S/C21H21N5O2/c1-28-16-6-4-14(5-7-16)17-13-24-21(22)25-19(17)18-3-2-12-26(18)20(27)15-8-10-23-11-9-15/h4-11,13,18H,2-3,12H2,1H3,(H2,22,24,25). The molecule has 0 aliphatic carbocycles. The van der Waals surface area contributed by atoms with Crippen LogP contribution in [0, 0.1) is 0 Å². The number of methoxy groups -OCH3 is 1. The number of carbonyl (C=O) groups is 1. The van der Waals surface area contributed by atoms with Gasteiger partial charge in [-0.1, -0.05) is 12.1 Å². The van der Waals surface area contributed by atoms with Gasteiger partial charge in [-0.3, -0.25) is 9.78 Å². The highest BCUT2D eigenvalue weighted by Gasteiger charge is 2.33. The van der Waals surface area contributed by atoms with Crippen molar-refractivity contribution in [3.63, 3.8) is 0 Å². The second-order valence-corrected chi connectivity index (χ2v) is 6.65. The molecule has 4 rings (SSSR count). The Bertz CT molecular complexity index is 976. The van der Waals surface area contributed by atoms with Crippen LogP contribution in [0.25, 0.3) is 11.1 Å². The maximum absolute atomic E-state index is 13.1. The van der Waals surface area contributed by atoms with Gasteiger partial charge in [-0.05, 0) is 42.7 Å². The molecule has 28 heavy (non-hydrogen) atoms. The van der Waals surface area contributed by atoms with E-state index in [-0.39, 0.29) is 17.9 Å². The van der Waals surface area contributed by atoms with Gasteiger partial charge in [0, 0.05) is 36.3 Å².